The van der Waals surface area contributed by atoms with Crippen LogP contribution in [0, 0.1) is 0 Å². The fraction of sp³-hybridized carbons (Fsp3) is 1.00. The molecule has 2 unspecified atom stereocenters. The van der Waals surface area contributed by atoms with Crippen LogP contribution in [0.1, 0.15) is 13.8 Å². The van der Waals surface area contributed by atoms with Crippen LogP contribution in [0.4, 0.5) is 0 Å². The Bertz CT molecular complexity index is 196. The lowest BCUT2D eigenvalue weighted by Crippen LogP contribution is -2.55. The van der Waals surface area contributed by atoms with Crippen LogP contribution < -0.4 is 5.32 Å². The van der Waals surface area contributed by atoms with E-state index in [9.17, 15) is 0 Å². The number of piperazine rings is 1. The average Bonchev–Trinajstić information content (AvgIpc) is 2.25. The van der Waals surface area contributed by atoms with Gasteiger partial charge in [0.05, 0.1) is 0 Å². The molecule has 0 bridgehead atoms. The van der Waals surface area contributed by atoms with Gasteiger partial charge in [-0.25, -0.2) is 0 Å². The largest absolute Gasteiger partial charge is 0.314 e. The fourth-order valence-electron chi connectivity index (χ4n) is 2.36. The first kappa shape index (κ1) is 14.9. The normalized spacial score (nSPS) is 27.9. The Morgan fingerprint density at radius 1 is 1.12 bits per heavy atom. The zero-order valence-electron chi connectivity index (χ0n) is 12.2. The molecule has 0 radical (unpaired) electrons. The van der Waals surface area contributed by atoms with E-state index in [0.717, 1.165) is 19.6 Å². The van der Waals surface area contributed by atoms with E-state index in [0.29, 0.717) is 12.1 Å². The van der Waals surface area contributed by atoms with Gasteiger partial charge in [-0.3, -0.25) is 9.80 Å². The molecule has 1 fully saturated rings. The molecule has 1 saturated heterocycles. The predicted molar refractivity (Wildman–Crippen MR) is 74.6 cm³/mol. The van der Waals surface area contributed by atoms with Crippen LogP contribution in [-0.2, 0) is 0 Å². The molecule has 1 N–H and O–H groups in total. The Morgan fingerprint density at radius 2 is 1.71 bits per heavy atom. The second-order valence-corrected chi connectivity index (χ2v) is 5.68. The summed E-state index contributed by atoms with van der Waals surface area (Å²) in [5, 5.41) is 3.51. The monoisotopic (exact) mass is 242 g/mol. The van der Waals surface area contributed by atoms with Crippen molar-refractivity contribution in [3.63, 3.8) is 0 Å². The van der Waals surface area contributed by atoms with Crippen molar-refractivity contribution in [2.75, 3.05) is 60.4 Å². The highest BCUT2D eigenvalue weighted by molar-refractivity contribution is 4.82. The molecule has 4 heteroatoms. The molecule has 4 nitrogen and oxygen atoms in total. The first-order valence-electron chi connectivity index (χ1n) is 6.80. The fourth-order valence-corrected chi connectivity index (χ4v) is 2.36. The van der Waals surface area contributed by atoms with Crippen LogP contribution >= 0.6 is 0 Å². The summed E-state index contributed by atoms with van der Waals surface area (Å²) in [7, 11) is 6.47. The minimum absolute atomic E-state index is 0.681. The maximum Gasteiger partial charge on any atom is 0.0195 e. The van der Waals surface area contributed by atoms with E-state index in [4.69, 9.17) is 0 Å². The Hall–Kier alpha value is -0.160. The quantitative estimate of drug-likeness (QED) is 0.670. The highest BCUT2D eigenvalue weighted by atomic mass is 15.3. The zero-order chi connectivity index (χ0) is 12.8. The summed E-state index contributed by atoms with van der Waals surface area (Å²) in [6.07, 6.45) is 0. The van der Waals surface area contributed by atoms with Crippen molar-refractivity contribution in [2.24, 2.45) is 0 Å². The summed E-state index contributed by atoms with van der Waals surface area (Å²) in [6.45, 7) is 11.5. The topological polar surface area (TPSA) is 21.8 Å². The summed E-state index contributed by atoms with van der Waals surface area (Å²) in [5.74, 6) is 0. The molecule has 1 heterocycles. The maximum atomic E-state index is 3.51. The Kier molecular flexibility index (Phi) is 6.41. The van der Waals surface area contributed by atoms with Crippen LogP contribution in [0.2, 0.25) is 0 Å². The van der Waals surface area contributed by atoms with Gasteiger partial charge in [-0.15, -0.1) is 0 Å². The molecule has 1 aliphatic rings. The molecule has 0 saturated carbocycles. The summed E-state index contributed by atoms with van der Waals surface area (Å²) in [5.41, 5.74) is 0. The Morgan fingerprint density at radius 3 is 2.24 bits per heavy atom. The number of hydrogen-bond acceptors (Lipinski definition) is 4. The summed E-state index contributed by atoms with van der Waals surface area (Å²) in [6, 6.07) is 1.36. The number of rotatable bonds is 6. The summed E-state index contributed by atoms with van der Waals surface area (Å²) < 4.78 is 0. The minimum Gasteiger partial charge on any atom is -0.314 e. The van der Waals surface area contributed by atoms with E-state index >= 15 is 0 Å². The van der Waals surface area contributed by atoms with Crippen molar-refractivity contribution in [3.05, 3.63) is 0 Å². The van der Waals surface area contributed by atoms with Gasteiger partial charge in [0.1, 0.15) is 0 Å². The minimum atomic E-state index is 0.681. The third-order valence-electron chi connectivity index (χ3n) is 3.78. The lowest BCUT2D eigenvalue weighted by Gasteiger charge is -2.42. The maximum absolute atomic E-state index is 3.51. The molecule has 0 aromatic heterocycles. The van der Waals surface area contributed by atoms with Crippen molar-refractivity contribution in [2.45, 2.75) is 25.9 Å². The van der Waals surface area contributed by atoms with E-state index in [1.165, 1.54) is 19.6 Å². The standard InChI is InChI=1S/C13H30N4/c1-12-10-17(11-13(2)16(12)5)9-7-14-6-8-15(3)4/h12-14H,6-11H2,1-5H3. The highest BCUT2D eigenvalue weighted by Crippen LogP contribution is 2.12. The van der Waals surface area contributed by atoms with Gasteiger partial charge in [0, 0.05) is 51.4 Å². The van der Waals surface area contributed by atoms with E-state index in [1.54, 1.807) is 0 Å². The highest BCUT2D eigenvalue weighted by Gasteiger charge is 2.25. The smallest absolute Gasteiger partial charge is 0.0195 e. The van der Waals surface area contributed by atoms with Crippen molar-refractivity contribution in [1.29, 1.82) is 0 Å². The van der Waals surface area contributed by atoms with E-state index in [2.05, 4.69) is 55.0 Å². The predicted octanol–water partition coefficient (Wildman–Crippen LogP) is 0.162. The number of hydrogen-bond donors (Lipinski definition) is 1. The van der Waals surface area contributed by atoms with E-state index in [-0.39, 0.29) is 0 Å². The van der Waals surface area contributed by atoms with E-state index < -0.39 is 0 Å². The molecule has 2 atom stereocenters. The average molecular weight is 242 g/mol. The molecule has 0 aliphatic carbocycles. The van der Waals surface area contributed by atoms with Crippen molar-refractivity contribution >= 4 is 0 Å². The Balaban J connectivity index is 2.11. The van der Waals surface area contributed by atoms with Gasteiger partial charge in [0.2, 0.25) is 0 Å². The van der Waals surface area contributed by atoms with Crippen molar-refractivity contribution in [1.82, 2.24) is 20.0 Å². The van der Waals surface area contributed by atoms with Gasteiger partial charge in [-0.2, -0.15) is 0 Å². The molecular formula is C13H30N4. The summed E-state index contributed by atoms with van der Waals surface area (Å²) >= 11 is 0. The molecule has 17 heavy (non-hydrogen) atoms. The van der Waals surface area contributed by atoms with Gasteiger partial charge < -0.3 is 10.2 Å². The van der Waals surface area contributed by atoms with Crippen LogP contribution in [0.5, 0.6) is 0 Å². The van der Waals surface area contributed by atoms with Gasteiger partial charge in [0.25, 0.3) is 0 Å². The SMILES string of the molecule is CC1CN(CCNCCN(C)C)CC(C)N1C. The van der Waals surface area contributed by atoms with Crippen LogP contribution in [-0.4, -0.2) is 87.2 Å². The second kappa shape index (κ2) is 7.31. The molecular weight excluding hydrogens is 212 g/mol. The van der Waals surface area contributed by atoms with Gasteiger partial charge in [0.15, 0.2) is 0 Å². The van der Waals surface area contributed by atoms with Crippen LogP contribution in [0.25, 0.3) is 0 Å². The van der Waals surface area contributed by atoms with Crippen LogP contribution in [0.15, 0.2) is 0 Å². The molecule has 1 rings (SSSR count). The first-order valence-corrected chi connectivity index (χ1v) is 6.80. The zero-order valence-corrected chi connectivity index (χ0v) is 12.2. The third kappa shape index (κ3) is 5.34. The molecule has 1 aliphatic heterocycles. The molecule has 0 amide bonds. The van der Waals surface area contributed by atoms with Gasteiger partial charge in [-0.1, -0.05) is 0 Å². The molecule has 0 spiro atoms. The number of nitrogens with one attached hydrogen (secondary N) is 1. The first-order chi connectivity index (χ1) is 8.00. The van der Waals surface area contributed by atoms with Gasteiger partial charge in [-0.05, 0) is 35.0 Å². The van der Waals surface area contributed by atoms with E-state index in [1.807, 2.05) is 0 Å². The lowest BCUT2D eigenvalue weighted by molar-refractivity contribution is 0.0607. The lowest BCUT2D eigenvalue weighted by atomic mass is 10.1. The summed E-state index contributed by atoms with van der Waals surface area (Å²) in [4.78, 5) is 7.28. The van der Waals surface area contributed by atoms with Gasteiger partial charge >= 0.3 is 0 Å². The molecule has 0 aromatic carbocycles. The van der Waals surface area contributed by atoms with Crippen molar-refractivity contribution < 1.29 is 0 Å². The molecule has 102 valence electrons. The third-order valence-corrected chi connectivity index (χ3v) is 3.78. The number of nitrogens with zero attached hydrogens (tertiary/aromatic N) is 3. The van der Waals surface area contributed by atoms with Crippen molar-refractivity contribution in [3.8, 4) is 0 Å². The van der Waals surface area contributed by atoms with Crippen LogP contribution in [0.3, 0.4) is 0 Å². The number of likely N-dealkylation sites (N-methyl/N-ethyl adjacent to an activating group) is 2. The molecule has 0 aromatic rings. The second-order valence-electron chi connectivity index (χ2n) is 5.68. The Labute approximate surface area is 107 Å².